The summed E-state index contributed by atoms with van der Waals surface area (Å²) in [6.07, 6.45) is 7.33. The average molecular weight is 293 g/mol. The summed E-state index contributed by atoms with van der Waals surface area (Å²) in [5.41, 5.74) is 3.13. The zero-order valence-electron chi connectivity index (χ0n) is 11.3. The number of hydrogen-bond acceptors (Lipinski definition) is 3. The fourth-order valence-electron chi connectivity index (χ4n) is 3.05. The van der Waals surface area contributed by atoms with Gasteiger partial charge in [0.25, 0.3) is 0 Å². The first-order valence-electron chi connectivity index (χ1n) is 6.81. The fourth-order valence-corrected chi connectivity index (χ4v) is 4.36. The maximum atomic E-state index is 5.54. The van der Waals surface area contributed by atoms with E-state index >= 15 is 0 Å². The van der Waals surface area contributed by atoms with Crippen LogP contribution in [0.4, 0.5) is 0 Å². The molecule has 0 amide bonds. The number of H-pyrrole nitrogens is 1. The van der Waals surface area contributed by atoms with E-state index < -0.39 is 0 Å². The van der Waals surface area contributed by atoms with Crippen LogP contribution in [-0.4, -0.2) is 26.0 Å². The van der Waals surface area contributed by atoms with E-state index in [0.717, 1.165) is 21.6 Å². The molecule has 0 aromatic carbocycles. The number of fused-ring (bicyclic) bond motifs is 1. The van der Waals surface area contributed by atoms with Crippen molar-refractivity contribution >= 4 is 35.1 Å². The number of imidazole rings is 1. The molecular formula is C14H19N3S2. The molecular weight excluding hydrogens is 274 g/mol. The summed E-state index contributed by atoms with van der Waals surface area (Å²) >= 11 is 7.50. The van der Waals surface area contributed by atoms with Crippen molar-refractivity contribution in [3.05, 3.63) is 22.6 Å². The normalized spacial score (nSPS) is 23.9. The maximum Gasteiger partial charge on any atom is 0.179 e. The Morgan fingerprint density at radius 3 is 2.95 bits per heavy atom. The Morgan fingerprint density at radius 1 is 1.37 bits per heavy atom. The Morgan fingerprint density at radius 2 is 2.16 bits per heavy atom. The van der Waals surface area contributed by atoms with Gasteiger partial charge in [-0.1, -0.05) is 12.8 Å². The van der Waals surface area contributed by atoms with Crippen LogP contribution < -0.4 is 0 Å². The minimum atomic E-state index is 0.485. The largest absolute Gasteiger partial charge is 0.329 e. The quantitative estimate of drug-likeness (QED) is 0.840. The number of rotatable bonds is 2. The average Bonchev–Trinajstić information content (AvgIpc) is 2.74. The lowest BCUT2D eigenvalue weighted by atomic mass is 9.94. The molecule has 2 aromatic heterocycles. The van der Waals surface area contributed by atoms with E-state index in [1.807, 2.05) is 24.8 Å². The van der Waals surface area contributed by atoms with Gasteiger partial charge in [0, 0.05) is 17.0 Å². The molecule has 102 valence electrons. The van der Waals surface area contributed by atoms with Crippen LogP contribution in [0.5, 0.6) is 0 Å². The van der Waals surface area contributed by atoms with Crippen LogP contribution in [0.2, 0.25) is 0 Å². The van der Waals surface area contributed by atoms with Crippen LogP contribution >= 0.6 is 24.0 Å². The highest BCUT2D eigenvalue weighted by Crippen LogP contribution is 2.37. The first-order valence-corrected chi connectivity index (χ1v) is 8.51. The van der Waals surface area contributed by atoms with E-state index in [-0.39, 0.29) is 0 Å². The smallest absolute Gasteiger partial charge is 0.179 e. The van der Waals surface area contributed by atoms with Crippen molar-refractivity contribution in [2.24, 2.45) is 0 Å². The van der Waals surface area contributed by atoms with E-state index in [4.69, 9.17) is 17.2 Å². The molecule has 1 saturated carbocycles. The van der Waals surface area contributed by atoms with Crippen molar-refractivity contribution < 1.29 is 0 Å². The second kappa shape index (κ2) is 5.29. The Balaban J connectivity index is 2.15. The van der Waals surface area contributed by atoms with Crippen LogP contribution in [0.3, 0.4) is 0 Å². The molecule has 0 saturated heterocycles. The molecule has 1 aliphatic rings. The van der Waals surface area contributed by atoms with E-state index in [9.17, 15) is 0 Å². The van der Waals surface area contributed by atoms with Gasteiger partial charge in [0.1, 0.15) is 0 Å². The molecule has 2 atom stereocenters. The second-order valence-electron chi connectivity index (χ2n) is 5.25. The van der Waals surface area contributed by atoms with Gasteiger partial charge >= 0.3 is 0 Å². The Hall–Kier alpha value is -0.810. The van der Waals surface area contributed by atoms with Gasteiger partial charge in [0.2, 0.25) is 0 Å². The number of hydrogen-bond donors (Lipinski definition) is 1. The third-order valence-electron chi connectivity index (χ3n) is 4.01. The molecule has 1 aliphatic carbocycles. The highest BCUT2D eigenvalue weighted by atomic mass is 32.2. The van der Waals surface area contributed by atoms with Crippen LogP contribution in [0.1, 0.15) is 37.4 Å². The number of thioether (sulfide) groups is 1. The zero-order chi connectivity index (χ0) is 13.4. The minimum absolute atomic E-state index is 0.485. The van der Waals surface area contributed by atoms with Crippen molar-refractivity contribution in [2.45, 2.75) is 43.9 Å². The molecule has 1 fully saturated rings. The SMILES string of the molecule is CSC1CCCCC1n1c(=S)[nH]c2ccc(C)nc21. The third-order valence-corrected chi connectivity index (χ3v) is 5.46. The van der Waals surface area contributed by atoms with Crippen molar-refractivity contribution in [1.82, 2.24) is 14.5 Å². The fraction of sp³-hybridized carbons (Fsp3) is 0.571. The molecule has 1 N–H and O–H groups in total. The molecule has 3 nitrogen and oxygen atoms in total. The lowest BCUT2D eigenvalue weighted by Gasteiger charge is -2.31. The number of aromatic amines is 1. The number of nitrogens with zero attached hydrogens (tertiary/aromatic N) is 2. The van der Waals surface area contributed by atoms with Gasteiger partial charge in [-0.25, -0.2) is 4.98 Å². The van der Waals surface area contributed by atoms with Crippen LogP contribution in [0.15, 0.2) is 12.1 Å². The second-order valence-corrected chi connectivity index (χ2v) is 6.71. The molecule has 0 radical (unpaired) electrons. The zero-order valence-corrected chi connectivity index (χ0v) is 13.0. The molecule has 0 spiro atoms. The maximum absolute atomic E-state index is 5.54. The van der Waals surface area contributed by atoms with E-state index in [1.165, 1.54) is 25.7 Å². The number of nitrogens with one attached hydrogen (secondary N) is 1. The van der Waals surface area contributed by atoms with Crippen LogP contribution in [-0.2, 0) is 0 Å². The minimum Gasteiger partial charge on any atom is -0.329 e. The molecule has 2 heterocycles. The summed E-state index contributed by atoms with van der Waals surface area (Å²) < 4.78 is 3.08. The molecule has 0 bridgehead atoms. The van der Waals surface area contributed by atoms with Crippen molar-refractivity contribution in [3.8, 4) is 0 Å². The van der Waals surface area contributed by atoms with Crippen molar-refractivity contribution in [2.75, 3.05) is 6.26 Å². The van der Waals surface area contributed by atoms with Crippen molar-refractivity contribution in [3.63, 3.8) is 0 Å². The van der Waals surface area contributed by atoms with E-state index in [2.05, 4.69) is 21.9 Å². The summed E-state index contributed by atoms with van der Waals surface area (Å²) in [6, 6.07) is 4.60. The highest BCUT2D eigenvalue weighted by molar-refractivity contribution is 7.99. The standard InChI is InChI=1S/C14H19N3S2/c1-9-7-8-10-13(15-9)17(14(18)16-10)11-5-3-4-6-12(11)19-2/h7-8,11-12H,3-6H2,1-2H3,(H,16,18). The lowest BCUT2D eigenvalue weighted by molar-refractivity contribution is 0.367. The monoisotopic (exact) mass is 293 g/mol. The van der Waals surface area contributed by atoms with Gasteiger partial charge in [-0.3, -0.25) is 4.57 Å². The highest BCUT2D eigenvalue weighted by Gasteiger charge is 2.28. The number of pyridine rings is 1. The van der Waals surface area contributed by atoms with Gasteiger partial charge in [0.05, 0.1) is 5.52 Å². The van der Waals surface area contributed by atoms with Gasteiger partial charge in [-0.2, -0.15) is 11.8 Å². The summed E-state index contributed by atoms with van der Waals surface area (Å²) in [5, 5.41) is 0.654. The Bertz CT molecular complexity index is 644. The summed E-state index contributed by atoms with van der Waals surface area (Å²) in [4.78, 5) is 8.00. The van der Waals surface area contributed by atoms with Gasteiger partial charge in [-0.05, 0) is 50.4 Å². The molecule has 2 aromatic rings. The van der Waals surface area contributed by atoms with Gasteiger partial charge in [-0.15, -0.1) is 0 Å². The molecule has 5 heteroatoms. The summed E-state index contributed by atoms with van der Waals surface area (Å²) in [5.74, 6) is 0. The molecule has 0 aliphatic heterocycles. The van der Waals surface area contributed by atoms with Crippen LogP contribution in [0.25, 0.3) is 11.2 Å². The van der Waals surface area contributed by atoms with Crippen LogP contribution in [0, 0.1) is 11.7 Å². The van der Waals surface area contributed by atoms with Gasteiger partial charge in [0.15, 0.2) is 10.4 Å². The first-order chi connectivity index (χ1) is 9.20. The summed E-state index contributed by atoms with van der Waals surface area (Å²) in [7, 11) is 0. The Labute approximate surface area is 122 Å². The molecule has 2 unspecified atom stereocenters. The Kier molecular flexibility index (Phi) is 3.67. The topological polar surface area (TPSA) is 33.6 Å². The number of aryl methyl sites for hydroxylation is 1. The predicted molar refractivity (Wildman–Crippen MR) is 84.5 cm³/mol. The first kappa shape index (κ1) is 13.2. The lowest BCUT2D eigenvalue weighted by Crippen LogP contribution is -2.25. The van der Waals surface area contributed by atoms with Gasteiger partial charge < -0.3 is 4.98 Å². The summed E-state index contributed by atoms with van der Waals surface area (Å²) in [6.45, 7) is 2.03. The molecule has 3 rings (SSSR count). The van der Waals surface area contributed by atoms with E-state index in [1.54, 1.807) is 0 Å². The van der Waals surface area contributed by atoms with E-state index in [0.29, 0.717) is 11.3 Å². The number of aromatic nitrogens is 3. The molecule has 19 heavy (non-hydrogen) atoms. The van der Waals surface area contributed by atoms with Crippen molar-refractivity contribution in [1.29, 1.82) is 0 Å². The predicted octanol–water partition coefficient (Wildman–Crippen LogP) is 4.25. The third kappa shape index (κ3) is 2.34.